The van der Waals surface area contributed by atoms with Gasteiger partial charge in [0.1, 0.15) is 5.60 Å². The fourth-order valence-electron chi connectivity index (χ4n) is 2.50. The number of amides is 1. The molecule has 1 aromatic carbocycles. The quantitative estimate of drug-likeness (QED) is 0.773. The van der Waals surface area contributed by atoms with Gasteiger partial charge in [-0.3, -0.25) is 4.90 Å². The van der Waals surface area contributed by atoms with E-state index >= 15 is 0 Å². The molecule has 1 unspecified atom stereocenters. The molecule has 5 heteroatoms. The van der Waals surface area contributed by atoms with Gasteiger partial charge in [-0.25, -0.2) is 9.59 Å². The lowest BCUT2D eigenvalue weighted by atomic mass is 10.1. The van der Waals surface area contributed by atoms with E-state index in [9.17, 15) is 9.59 Å². The van der Waals surface area contributed by atoms with Gasteiger partial charge < -0.3 is 9.47 Å². The summed E-state index contributed by atoms with van der Waals surface area (Å²) in [4.78, 5) is 25.9. The molecule has 1 aromatic rings. The summed E-state index contributed by atoms with van der Waals surface area (Å²) in [5.74, 6) is -0.379. The van der Waals surface area contributed by atoms with Crippen LogP contribution >= 0.6 is 0 Å². The Bertz CT molecular complexity index is 668. The molecule has 0 heterocycles. The van der Waals surface area contributed by atoms with Crippen molar-refractivity contribution in [2.24, 2.45) is 0 Å². The van der Waals surface area contributed by atoms with Crippen molar-refractivity contribution in [3.63, 3.8) is 0 Å². The lowest BCUT2D eigenvalue weighted by molar-refractivity contribution is 0.0181. The predicted molar refractivity (Wildman–Crippen MR) is 96.2 cm³/mol. The summed E-state index contributed by atoms with van der Waals surface area (Å²) in [7, 11) is 1.35. The van der Waals surface area contributed by atoms with E-state index in [-0.39, 0.29) is 18.1 Å². The van der Waals surface area contributed by atoms with Crippen molar-refractivity contribution in [3.05, 3.63) is 59.7 Å². The van der Waals surface area contributed by atoms with E-state index in [1.807, 2.05) is 57.2 Å². The molecule has 0 bridgehead atoms. The molecule has 1 amide bonds. The number of ether oxygens (including phenoxy) is 2. The molecule has 5 nitrogen and oxygen atoms in total. The topological polar surface area (TPSA) is 55.8 Å². The summed E-state index contributed by atoms with van der Waals surface area (Å²) in [5, 5.41) is 0. The van der Waals surface area contributed by atoms with Gasteiger partial charge in [-0.15, -0.1) is 0 Å². The van der Waals surface area contributed by atoms with Gasteiger partial charge >= 0.3 is 12.1 Å². The Morgan fingerprint density at radius 2 is 1.84 bits per heavy atom. The summed E-state index contributed by atoms with van der Waals surface area (Å²) < 4.78 is 10.3. The number of rotatable bonds is 4. The zero-order valence-corrected chi connectivity index (χ0v) is 15.2. The van der Waals surface area contributed by atoms with E-state index in [1.54, 1.807) is 17.0 Å². The molecule has 0 N–H and O–H groups in total. The monoisotopic (exact) mass is 343 g/mol. The van der Waals surface area contributed by atoms with Crippen molar-refractivity contribution >= 4 is 12.1 Å². The Morgan fingerprint density at radius 3 is 2.36 bits per heavy atom. The van der Waals surface area contributed by atoms with Crippen molar-refractivity contribution in [3.8, 4) is 0 Å². The molecule has 2 rings (SSSR count). The third-order valence-corrected chi connectivity index (χ3v) is 3.71. The van der Waals surface area contributed by atoms with E-state index in [0.29, 0.717) is 12.1 Å². The molecular formula is C20H25NO4. The number of hydrogen-bond donors (Lipinski definition) is 0. The van der Waals surface area contributed by atoms with Gasteiger partial charge in [-0.05, 0) is 44.9 Å². The zero-order valence-electron chi connectivity index (χ0n) is 15.2. The summed E-state index contributed by atoms with van der Waals surface area (Å²) in [6.45, 7) is 5.96. The summed E-state index contributed by atoms with van der Waals surface area (Å²) in [6.07, 6.45) is 8.32. The van der Waals surface area contributed by atoms with Crippen LogP contribution in [0.3, 0.4) is 0 Å². The van der Waals surface area contributed by atoms with Crippen LogP contribution in [-0.2, 0) is 16.0 Å². The molecule has 1 atom stereocenters. The van der Waals surface area contributed by atoms with Crippen LogP contribution in [0.2, 0.25) is 0 Å². The van der Waals surface area contributed by atoms with Gasteiger partial charge in [0.2, 0.25) is 0 Å². The van der Waals surface area contributed by atoms with E-state index in [0.717, 1.165) is 12.0 Å². The van der Waals surface area contributed by atoms with E-state index in [2.05, 4.69) is 0 Å². The number of carbonyl (C=O) groups is 2. The van der Waals surface area contributed by atoms with Gasteiger partial charge in [-0.2, -0.15) is 0 Å². The second kappa shape index (κ2) is 8.01. The lowest BCUT2D eigenvalue weighted by Gasteiger charge is -2.32. The Hall–Kier alpha value is -2.56. The Kier molecular flexibility index (Phi) is 6.02. The molecular weight excluding hydrogens is 318 g/mol. The van der Waals surface area contributed by atoms with Crippen molar-refractivity contribution in [1.82, 2.24) is 4.90 Å². The number of benzene rings is 1. The van der Waals surface area contributed by atoms with Crippen LogP contribution < -0.4 is 0 Å². The van der Waals surface area contributed by atoms with Gasteiger partial charge in [0.15, 0.2) is 0 Å². The highest BCUT2D eigenvalue weighted by Gasteiger charge is 2.27. The van der Waals surface area contributed by atoms with Crippen LogP contribution in [0.1, 0.15) is 43.1 Å². The molecule has 0 aliphatic heterocycles. The standard InChI is InChI=1S/C20H25NO4/c1-20(2,3)25-19(23)21(17-8-6-5-7-9-17)14-15-10-12-16(13-11-15)18(22)24-4/h5-8,10-13,17H,9,14H2,1-4H3. The molecule has 0 saturated heterocycles. The number of nitrogens with zero attached hydrogens (tertiary/aromatic N) is 1. The maximum Gasteiger partial charge on any atom is 0.411 e. The number of hydrogen-bond acceptors (Lipinski definition) is 4. The minimum atomic E-state index is -0.557. The van der Waals surface area contributed by atoms with E-state index in [4.69, 9.17) is 9.47 Å². The van der Waals surface area contributed by atoms with Crippen molar-refractivity contribution < 1.29 is 19.1 Å². The lowest BCUT2D eigenvalue weighted by Crippen LogP contribution is -2.42. The van der Waals surface area contributed by atoms with Crippen LogP contribution in [0, 0.1) is 0 Å². The van der Waals surface area contributed by atoms with Crippen LogP contribution in [0.15, 0.2) is 48.6 Å². The Balaban J connectivity index is 2.17. The fourth-order valence-corrected chi connectivity index (χ4v) is 2.50. The molecule has 0 aromatic heterocycles. The minimum Gasteiger partial charge on any atom is -0.465 e. The number of esters is 1. The molecule has 0 spiro atoms. The normalized spacial score (nSPS) is 16.4. The largest absolute Gasteiger partial charge is 0.465 e. The highest BCUT2D eigenvalue weighted by molar-refractivity contribution is 5.89. The van der Waals surface area contributed by atoms with E-state index < -0.39 is 5.60 Å². The Morgan fingerprint density at radius 1 is 1.16 bits per heavy atom. The van der Waals surface area contributed by atoms with Crippen LogP contribution in [0.4, 0.5) is 4.79 Å². The minimum absolute atomic E-state index is 0.0554. The third kappa shape index (κ3) is 5.48. The first-order valence-corrected chi connectivity index (χ1v) is 8.30. The van der Waals surface area contributed by atoms with Gasteiger partial charge in [0, 0.05) is 6.54 Å². The molecule has 1 aliphatic rings. The molecule has 1 aliphatic carbocycles. The predicted octanol–water partition coefficient (Wildman–Crippen LogP) is 4.10. The second-order valence-corrected chi connectivity index (χ2v) is 6.91. The molecule has 25 heavy (non-hydrogen) atoms. The highest BCUT2D eigenvalue weighted by Crippen LogP contribution is 2.20. The average Bonchev–Trinajstić information content (AvgIpc) is 2.58. The first kappa shape index (κ1) is 18.8. The number of methoxy groups -OCH3 is 1. The number of allylic oxidation sites excluding steroid dienone is 2. The van der Waals surface area contributed by atoms with Gasteiger partial charge in [0.05, 0.1) is 18.7 Å². The smallest absolute Gasteiger partial charge is 0.411 e. The SMILES string of the molecule is COC(=O)c1ccc(CN(C(=O)OC(C)(C)C)C2C=CC=CC2)cc1. The number of carbonyl (C=O) groups excluding carboxylic acids is 2. The second-order valence-electron chi connectivity index (χ2n) is 6.91. The highest BCUT2D eigenvalue weighted by atomic mass is 16.6. The van der Waals surface area contributed by atoms with Crippen molar-refractivity contribution in [2.45, 2.75) is 45.4 Å². The summed E-state index contributed by atoms with van der Waals surface area (Å²) in [6, 6.07) is 6.99. The van der Waals surface area contributed by atoms with Crippen molar-refractivity contribution in [2.75, 3.05) is 7.11 Å². The zero-order chi connectivity index (χ0) is 18.4. The van der Waals surface area contributed by atoms with Crippen molar-refractivity contribution in [1.29, 1.82) is 0 Å². The molecule has 0 fully saturated rings. The van der Waals surface area contributed by atoms with Crippen LogP contribution in [-0.4, -0.2) is 35.7 Å². The average molecular weight is 343 g/mol. The van der Waals surface area contributed by atoms with Crippen LogP contribution in [0.25, 0.3) is 0 Å². The van der Waals surface area contributed by atoms with E-state index in [1.165, 1.54) is 7.11 Å². The third-order valence-electron chi connectivity index (χ3n) is 3.71. The first-order chi connectivity index (χ1) is 11.8. The summed E-state index contributed by atoms with van der Waals surface area (Å²) >= 11 is 0. The Labute approximate surface area is 148 Å². The molecule has 134 valence electrons. The fraction of sp³-hybridized carbons (Fsp3) is 0.400. The summed E-state index contributed by atoms with van der Waals surface area (Å²) in [5.41, 5.74) is 0.843. The maximum atomic E-state index is 12.7. The maximum absolute atomic E-state index is 12.7. The molecule has 0 radical (unpaired) electrons. The van der Waals surface area contributed by atoms with Gasteiger partial charge in [-0.1, -0.05) is 36.4 Å². The van der Waals surface area contributed by atoms with Crippen LogP contribution in [0.5, 0.6) is 0 Å². The first-order valence-electron chi connectivity index (χ1n) is 8.30. The van der Waals surface area contributed by atoms with Gasteiger partial charge in [0.25, 0.3) is 0 Å². The molecule has 0 saturated carbocycles.